The van der Waals surface area contributed by atoms with E-state index < -0.39 is 17.3 Å². The number of halogens is 1. The van der Waals surface area contributed by atoms with Gasteiger partial charge in [0, 0.05) is 0 Å². The van der Waals surface area contributed by atoms with Crippen LogP contribution in [0, 0.1) is 18.7 Å². The van der Waals surface area contributed by atoms with Crippen LogP contribution in [0.3, 0.4) is 0 Å². The van der Waals surface area contributed by atoms with E-state index >= 15 is 0 Å². The summed E-state index contributed by atoms with van der Waals surface area (Å²) in [5, 5.41) is 12.5. The number of aliphatic hydroxyl groups excluding tert-OH is 1. The van der Waals surface area contributed by atoms with Crippen molar-refractivity contribution in [2.24, 2.45) is 5.92 Å². The highest BCUT2D eigenvalue weighted by molar-refractivity contribution is 5.95. The highest BCUT2D eigenvalue weighted by atomic mass is 19.1. The van der Waals surface area contributed by atoms with Crippen LogP contribution < -0.4 is 5.32 Å². The fourth-order valence-corrected chi connectivity index (χ4v) is 3.08. The van der Waals surface area contributed by atoms with E-state index in [-0.39, 0.29) is 12.2 Å². The van der Waals surface area contributed by atoms with Crippen LogP contribution in [0.1, 0.15) is 48.5 Å². The monoisotopic (exact) mass is 279 g/mol. The second-order valence-corrected chi connectivity index (χ2v) is 6.08. The maximum Gasteiger partial charge on any atom is 0.254 e. The predicted molar refractivity (Wildman–Crippen MR) is 76.1 cm³/mol. The molecule has 1 aliphatic rings. The van der Waals surface area contributed by atoms with E-state index in [1.54, 1.807) is 12.1 Å². The second kappa shape index (κ2) is 5.92. The van der Waals surface area contributed by atoms with Crippen molar-refractivity contribution < 1.29 is 14.3 Å². The van der Waals surface area contributed by atoms with Gasteiger partial charge >= 0.3 is 0 Å². The molecule has 2 N–H and O–H groups in total. The van der Waals surface area contributed by atoms with Crippen LogP contribution in [0.4, 0.5) is 4.39 Å². The topological polar surface area (TPSA) is 49.3 Å². The molecule has 0 spiro atoms. The Bertz CT molecular complexity index is 503. The number of hydrogen-bond donors (Lipinski definition) is 2. The lowest BCUT2D eigenvalue weighted by molar-refractivity contribution is 0.0693. The molecule has 0 aromatic heterocycles. The molecule has 4 heteroatoms. The average Bonchev–Trinajstić information content (AvgIpc) is 2.41. The average molecular weight is 279 g/mol. The van der Waals surface area contributed by atoms with Gasteiger partial charge in [-0.3, -0.25) is 4.79 Å². The van der Waals surface area contributed by atoms with E-state index in [1.807, 2.05) is 6.92 Å². The largest absolute Gasteiger partial charge is 0.394 e. The lowest BCUT2D eigenvalue weighted by Crippen LogP contribution is -2.54. The Morgan fingerprint density at radius 3 is 2.95 bits per heavy atom. The van der Waals surface area contributed by atoms with Crippen molar-refractivity contribution in [1.82, 2.24) is 5.32 Å². The zero-order valence-corrected chi connectivity index (χ0v) is 12.1. The lowest BCUT2D eigenvalue weighted by Gasteiger charge is -2.39. The number of aliphatic hydroxyl groups is 1. The molecule has 20 heavy (non-hydrogen) atoms. The molecule has 0 aliphatic heterocycles. The molecule has 0 heterocycles. The molecular weight excluding hydrogens is 257 g/mol. The summed E-state index contributed by atoms with van der Waals surface area (Å²) in [4.78, 5) is 12.3. The fraction of sp³-hybridized carbons (Fsp3) is 0.562. The summed E-state index contributed by atoms with van der Waals surface area (Å²) < 4.78 is 13.8. The third-order valence-corrected chi connectivity index (χ3v) is 4.14. The number of rotatable bonds is 3. The minimum absolute atomic E-state index is 0.0519. The Balaban J connectivity index is 2.19. The minimum Gasteiger partial charge on any atom is -0.394 e. The Hall–Kier alpha value is -1.42. The van der Waals surface area contributed by atoms with Crippen molar-refractivity contribution in [3.05, 3.63) is 35.1 Å². The van der Waals surface area contributed by atoms with Crippen molar-refractivity contribution >= 4 is 5.91 Å². The molecule has 1 fully saturated rings. The lowest BCUT2D eigenvalue weighted by atomic mass is 9.76. The van der Waals surface area contributed by atoms with Crippen molar-refractivity contribution in [3.63, 3.8) is 0 Å². The van der Waals surface area contributed by atoms with Crippen molar-refractivity contribution in [3.8, 4) is 0 Å². The van der Waals surface area contributed by atoms with Crippen LogP contribution in [-0.2, 0) is 0 Å². The molecule has 1 aromatic carbocycles. The number of carbonyl (C=O) groups excluding carboxylic acids is 1. The number of amides is 1. The maximum atomic E-state index is 13.8. The van der Waals surface area contributed by atoms with Crippen molar-refractivity contribution in [1.29, 1.82) is 0 Å². The highest BCUT2D eigenvalue weighted by Gasteiger charge is 2.36. The number of hydrogen-bond acceptors (Lipinski definition) is 2. The first-order valence-electron chi connectivity index (χ1n) is 7.15. The first kappa shape index (κ1) is 15.0. The molecule has 1 amide bonds. The summed E-state index contributed by atoms with van der Waals surface area (Å²) in [6.07, 6.45) is 3.56. The summed E-state index contributed by atoms with van der Waals surface area (Å²) in [6.45, 7) is 3.83. The first-order chi connectivity index (χ1) is 9.46. The maximum absolute atomic E-state index is 13.8. The molecule has 0 saturated heterocycles. The van der Waals surface area contributed by atoms with Gasteiger partial charge in [0.2, 0.25) is 0 Å². The van der Waals surface area contributed by atoms with Gasteiger partial charge in [-0.1, -0.05) is 31.4 Å². The van der Waals surface area contributed by atoms with Crippen LogP contribution in [0.5, 0.6) is 0 Å². The Kier molecular flexibility index (Phi) is 4.43. The number of aryl methyl sites for hydroxylation is 1. The van der Waals surface area contributed by atoms with E-state index in [1.165, 1.54) is 6.07 Å². The van der Waals surface area contributed by atoms with Gasteiger partial charge < -0.3 is 10.4 Å². The first-order valence-corrected chi connectivity index (χ1v) is 7.15. The quantitative estimate of drug-likeness (QED) is 0.894. The van der Waals surface area contributed by atoms with Gasteiger partial charge in [0.1, 0.15) is 5.82 Å². The zero-order valence-electron chi connectivity index (χ0n) is 12.1. The van der Waals surface area contributed by atoms with Crippen LogP contribution in [0.2, 0.25) is 0 Å². The molecule has 1 aromatic rings. The molecule has 110 valence electrons. The van der Waals surface area contributed by atoms with Crippen LogP contribution >= 0.6 is 0 Å². The van der Waals surface area contributed by atoms with Gasteiger partial charge in [-0.25, -0.2) is 4.39 Å². The normalized spacial score (nSPS) is 26.3. The zero-order chi connectivity index (χ0) is 14.8. The fourth-order valence-electron chi connectivity index (χ4n) is 3.08. The van der Waals surface area contributed by atoms with E-state index in [9.17, 15) is 14.3 Å². The van der Waals surface area contributed by atoms with E-state index in [0.717, 1.165) is 31.2 Å². The molecule has 2 unspecified atom stereocenters. The van der Waals surface area contributed by atoms with Gasteiger partial charge in [-0.15, -0.1) is 0 Å². The van der Waals surface area contributed by atoms with Crippen molar-refractivity contribution in [2.75, 3.05) is 6.61 Å². The molecule has 2 atom stereocenters. The highest BCUT2D eigenvalue weighted by Crippen LogP contribution is 2.32. The summed E-state index contributed by atoms with van der Waals surface area (Å²) in [5.74, 6) is -0.502. The Labute approximate surface area is 119 Å². The van der Waals surface area contributed by atoms with Gasteiger partial charge in [-0.05, 0) is 37.8 Å². The smallest absolute Gasteiger partial charge is 0.254 e. The standard InChI is InChI=1S/C16H22FNO2/c1-11-5-6-14(17)13(8-11)15(20)18-16(10-19)7-3-4-12(2)9-16/h5-6,8,12,19H,3-4,7,9-10H2,1-2H3,(H,18,20). The van der Waals surface area contributed by atoms with E-state index in [4.69, 9.17) is 0 Å². The SMILES string of the molecule is Cc1ccc(F)c(C(=O)NC2(CO)CCCC(C)C2)c1. The van der Waals surface area contributed by atoms with Gasteiger partial charge in [0.15, 0.2) is 0 Å². The minimum atomic E-state index is -0.606. The predicted octanol–water partition coefficient (Wildman–Crippen LogP) is 2.81. The van der Waals surface area contributed by atoms with Crippen molar-refractivity contribution in [2.45, 2.75) is 45.1 Å². The van der Waals surface area contributed by atoms with E-state index in [0.29, 0.717) is 5.92 Å². The molecule has 1 saturated carbocycles. The summed E-state index contributed by atoms with van der Waals surface area (Å²) in [7, 11) is 0. The molecular formula is C16H22FNO2. The summed E-state index contributed by atoms with van der Waals surface area (Å²) >= 11 is 0. The van der Waals surface area contributed by atoms with Gasteiger partial charge in [0.05, 0.1) is 17.7 Å². The number of benzene rings is 1. The number of carbonyl (C=O) groups is 1. The van der Waals surface area contributed by atoms with Crippen LogP contribution in [-0.4, -0.2) is 23.2 Å². The molecule has 0 radical (unpaired) electrons. The Morgan fingerprint density at radius 2 is 2.30 bits per heavy atom. The van der Waals surface area contributed by atoms with Crippen LogP contribution in [0.25, 0.3) is 0 Å². The summed E-state index contributed by atoms with van der Waals surface area (Å²) in [6, 6.07) is 4.48. The number of nitrogens with one attached hydrogen (secondary N) is 1. The molecule has 1 aliphatic carbocycles. The summed E-state index contributed by atoms with van der Waals surface area (Å²) in [5.41, 5.74) is 0.285. The third-order valence-electron chi connectivity index (χ3n) is 4.14. The molecule has 2 rings (SSSR count). The van der Waals surface area contributed by atoms with E-state index in [2.05, 4.69) is 12.2 Å². The Morgan fingerprint density at radius 1 is 1.55 bits per heavy atom. The molecule has 0 bridgehead atoms. The molecule has 3 nitrogen and oxygen atoms in total. The van der Waals surface area contributed by atoms with Crippen LogP contribution in [0.15, 0.2) is 18.2 Å². The van der Waals surface area contributed by atoms with Gasteiger partial charge in [-0.2, -0.15) is 0 Å². The van der Waals surface area contributed by atoms with Gasteiger partial charge in [0.25, 0.3) is 5.91 Å². The third kappa shape index (κ3) is 3.18. The second-order valence-electron chi connectivity index (χ2n) is 6.08.